The molecular weight excluding hydrogens is 359 g/mol. The lowest BCUT2D eigenvalue weighted by atomic mass is 10.2. The van der Waals surface area contributed by atoms with Gasteiger partial charge in [-0.1, -0.05) is 41.9 Å². The highest BCUT2D eigenvalue weighted by Crippen LogP contribution is 2.26. The second-order valence-electron chi connectivity index (χ2n) is 4.68. The number of nitrogens with zero attached hydrogens (tertiary/aromatic N) is 2. The second kappa shape index (κ2) is 7.81. The molecule has 9 heteroatoms. The van der Waals surface area contributed by atoms with Crippen molar-refractivity contribution in [3.8, 4) is 0 Å². The Labute approximate surface area is 147 Å². The number of hydrogen-bond acceptors (Lipinski definition) is 5. The summed E-state index contributed by atoms with van der Waals surface area (Å²) in [6.45, 7) is 3.43. The molecule has 0 saturated heterocycles. The Morgan fingerprint density at radius 2 is 2.09 bits per heavy atom. The van der Waals surface area contributed by atoms with Crippen LogP contribution in [-0.4, -0.2) is 26.3 Å². The van der Waals surface area contributed by atoms with Gasteiger partial charge < -0.3 is 5.32 Å². The number of carbonyl (C=O) groups is 1. The van der Waals surface area contributed by atoms with Crippen molar-refractivity contribution < 1.29 is 4.79 Å². The van der Waals surface area contributed by atoms with Gasteiger partial charge in [0.2, 0.25) is 5.91 Å². The summed E-state index contributed by atoms with van der Waals surface area (Å²) in [6.07, 6.45) is 0.551. The van der Waals surface area contributed by atoms with E-state index < -0.39 is 5.25 Å². The van der Waals surface area contributed by atoms with E-state index in [1.807, 2.05) is 6.92 Å². The minimum absolute atomic E-state index is 0.223. The third kappa shape index (κ3) is 4.70. The summed E-state index contributed by atoms with van der Waals surface area (Å²) >= 11 is 12.9. The highest BCUT2D eigenvalue weighted by atomic mass is 35.5. The summed E-state index contributed by atoms with van der Waals surface area (Å²) in [5, 5.41) is 11.0. The van der Waals surface area contributed by atoms with Gasteiger partial charge in [0, 0.05) is 5.69 Å². The molecule has 1 heterocycles. The summed E-state index contributed by atoms with van der Waals surface area (Å²) in [5.74, 6) is -0.223. The maximum atomic E-state index is 12.3. The average molecular weight is 373 g/mol. The van der Waals surface area contributed by atoms with Crippen molar-refractivity contribution in [2.75, 3.05) is 5.32 Å². The Hall–Kier alpha value is -1.57. The fourth-order valence-electron chi connectivity index (χ4n) is 1.69. The van der Waals surface area contributed by atoms with Crippen LogP contribution in [0.15, 0.2) is 28.2 Å². The van der Waals surface area contributed by atoms with E-state index in [2.05, 4.69) is 20.5 Å². The zero-order valence-corrected chi connectivity index (χ0v) is 14.7. The van der Waals surface area contributed by atoms with Crippen LogP contribution in [0, 0.1) is 6.92 Å². The zero-order chi connectivity index (χ0) is 17.0. The molecule has 6 nitrogen and oxygen atoms in total. The molecule has 0 aliphatic carbocycles. The molecule has 2 N–H and O–H groups in total. The Balaban J connectivity index is 2.10. The second-order valence-corrected chi connectivity index (χ2v) is 6.68. The zero-order valence-electron chi connectivity index (χ0n) is 12.4. The van der Waals surface area contributed by atoms with Crippen molar-refractivity contribution in [2.24, 2.45) is 0 Å². The standard InChI is InChI=1S/C14H14Cl2N4O2S/c1-3-11(23-14-18-12(21)7(2)19-20-14)13(22)17-8-4-5-9(15)10(16)6-8/h4-6,11H,3H2,1-2H3,(H,17,22)(H,18,20,21). The third-order valence-electron chi connectivity index (χ3n) is 2.94. The average Bonchev–Trinajstić information content (AvgIpc) is 2.52. The van der Waals surface area contributed by atoms with Gasteiger partial charge in [0.1, 0.15) is 5.69 Å². The van der Waals surface area contributed by atoms with Gasteiger partial charge in [0.15, 0.2) is 5.16 Å². The van der Waals surface area contributed by atoms with Gasteiger partial charge in [0.25, 0.3) is 5.56 Å². The Kier molecular flexibility index (Phi) is 6.04. The molecule has 1 unspecified atom stereocenters. The van der Waals surface area contributed by atoms with Crippen LogP contribution in [-0.2, 0) is 4.79 Å². The highest BCUT2D eigenvalue weighted by Gasteiger charge is 2.20. The van der Waals surface area contributed by atoms with E-state index in [1.165, 1.54) is 0 Å². The van der Waals surface area contributed by atoms with Crippen molar-refractivity contribution in [2.45, 2.75) is 30.7 Å². The largest absolute Gasteiger partial charge is 0.325 e. The lowest BCUT2D eigenvalue weighted by Gasteiger charge is -2.14. The van der Waals surface area contributed by atoms with E-state index in [-0.39, 0.29) is 17.2 Å². The van der Waals surface area contributed by atoms with Crippen molar-refractivity contribution >= 4 is 46.6 Å². The number of aryl methyl sites for hydroxylation is 1. The maximum absolute atomic E-state index is 12.3. The summed E-state index contributed by atoms with van der Waals surface area (Å²) in [6, 6.07) is 4.85. The van der Waals surface area contributed by atoms with Gasteiger partial charge >= 0.3 is 0 Å². The first-order chi connectivity index (χ1) is 10.9. The number of H-pyrrole nitrogens is 1. The molecule has 2 aromatic rings. The van der Waals surface area contributed by atoms with Gasteiger partial charge in [-0.05, 0) is 31.5 Å². The highest BCUT2D eigenvalue weighted by molar-refractivity contribution is 8.00. The van der Waals surface area contributed by atoms with E-state index >= 15 is 0 Å². The van der Waals surface area contributed by atoms with Crippen LogP contribution in [0.5, 0.6) is 0 Å². The van der Waals surface area contributed by atoms with Crippen LogP contribution < -0.4 is 10.9 Å². The molecule has 1 atom stereocenters. The number of hydrogen-bond donors (Lipinski definition) is 2. The fraction of sp³-hybridized carbons (Fsp3) is 0.286. The number of benzene rings is 1. The topological polar surface area (TPSA) is 87.7 Å². The number of carbonyl (C=O) groups excluding carboxylic acids is 1. The quantitative estimate of drug-likeness (QED) is 0.786. The summed E-state index contributed by atoms with van der Waals surface area (Å²) in [7, 11) is 0. The third-order valence-corrected chi connectivity index (χ3v) is 4.92. The van der Waals surface area contributed by atoms with Crippen LogP contribution in [0.25, 0.3) is 0 Å². The van der Waals surface area contributed by atoms with Crippen LogP contribution in [0.1, 0.15) is 19.0 Å². The first kappa shape index (κ1) is 17.8. The Morgan fingerprint density at radius 3 is 2.70 bits per heavy atom. The predicted molar refractivity (Wildman–Crippen MR) is 92.4 cm³/mol. The van der Waals surface area contributed by atoms with Crippen LogP contribution in [0.2, 0.25) is 10.0 Å². The van der Waals surface area contributed by atoms with Gasteiger partial charge in [-0.2, -0.15) is 0 Å². The first-order valence-corrected chi connectivity index (χ1v) is 8.40. The smallest absolute Gasteiger partial charge is 0.273 e. The molecule has 1 aromatic carbocycles. The maximum Gasteiger partial charge on any atom is 0.273 e. The summed E-state index contributed by atoms with van der Waals surface area (Å²) in [4.78, 5) is 26.5. The lowest BCUT2D eigenvalue weighted by molar-refractivity contribution is -0.115. The van der Waals surface area contributed by atoms with Crippen LogP contribution >= 0.6 is 35.0 Å². The van der Waals surface area contributed by atoms with Crippen molar-refractivity contribution in [3.63, 3.8) is 0 Å². The molecule has 0 aliphatic rings. The molecule has 23 heavy (non-hydrogen) atoms. The SMILES string of the molecule is CCC(Sc1nnc(C)c(=O)[nH]1)C(=O)Nc1ccc(Cl)c(Cl)c1. The molecule has 0 fully saturated rings. The summed E-state index contributed by atoms with van der Waals surface area (Å²) < 4.78 is 0. The van der Waals surface area contributed by atoms with E-state index in [0.29, 0.717) is 27.3 Å². The van der Waals surface area contributed by atoms with Crippen molar-refractivity contribution in [3.05, 3.63) is 44.3 Å². The van der Waals surface area contributed by atoms with Gasteiger partial charge in [-0.15, -0.1) is 10.2 Å². The van der Waals surface area contributed by atoms with Crippen molar-refractivity contribution in [1.82, 2.24) is 15.2 Å². The van der Waals surface area contributed by atoms with Gasteiger partial charge in [0.05, 0.1) is 15.3 Å². The molecule has 0 bridgehead atoms. The van der Waals surface area contributed by atoms with Gasteiger partial charge in [-0.25, -0.2) is 0 Å². The lowest BCUT2D eigenvalue weighted by Crippen LogP contribution is -2.25. The molecule has 0 radical (unpaired) electrons. The van der Waals surface area contributed by atoms with Crippen LogP contribution in [0.4, 0.5) is 5.69 Å². The fourth-order valence-corrected chi connectivity index (χ4v) is 2.82. The number of aromatic amines is 1. The monoisotopic (exact) mass is 372 g/mol. The predicted octanol–water partition coefficient (Wildman–Crippen LogP) is 3.29. The number of halogens is 2. The molecule has 0 spiro atoms. The molecule has 0 saturated carbocycles. The van der Waals surface area contributed by atoms with E-state index in [9.17, 15) is 9.59 Å². The number of nitrogens with one attached hydrogen (secondary N) is 2. The molecule has 1 aromatic heterocycles. The first-order valence-electron chi connectivity index (χ1n) is 6.77. The summed E-state index contributed by atoms with van der Waals surface area (Å²) in [5.41, 5.74) is 0.511. The number of thioether (sulfide) groups is 1. The van der Waals surface area contributed by atoms with Crippen molar-refractivity contribution in [1.29, 1.82) is 0 Å². The number of aromatic nitrogens is 3. The molecule has 122 valence electrons. The molecule has 0 aliphatic heterocycles. The Morgan fingerprint density at radius 1 is 1.35 bits per heavy atom. The minimum atomic E-state index is -0.433. The molecule has 1 amide bonds. The van der Waals surface area contributed by atoms with Crippen LogP contribution in [0.3, 0.4) is 0 Å². The van der Waals surface area contributed by atoms with E-state index in [0.717, 1.165) is 11.8 Å². The van der Waals surface area contributed by atoms with E-state index in [4.69, 9.17) is 23.2 Å². The normalized spacial score (nSPS) is 12.0. The Bertz CT molecular complexity index is 782. The van der Waals surface area contributed by atoms with E-state index in [1.54, 1.807) is 25.1 Å². The minimum Gasteiger partial charge on any atom is -0.325 e. The molecular formula is C14H14Cl2N4O2S. The molecule has 2 rings (SSSR count). The van der Waals surface area contributed by atoms with Gasteiger partial charge in [-0.3, -0.25) is 14.6 Å². The number of amides is 1. The number of anilines is 1. The number of rotatable bonds is 5.